The minimum atomic E-state index is -1.52. The fourth-order valence-corrected chi connectivity index (χ4v) is 4.07. The van der Waals surface area contributed by atoms with Gasteiger partial charge in [0.15, 0.2) is 0 Å². The second kappa shape index (κ2) is 12.7. The Kier molecular flexibility index (Phi) is 9.36. The molecule has 0 saturated carbocycles. The van der Waals surface area contributed by atoms with Crippen molar-refractivity contribution in [3.63, 3.8) is 0 Å². The number of nitrogens with one attached hydrogen (secondary N) is 3. The van der Waals surface area contributed by atoms with Crippen molar-refractivity contribution in [2.45, 2.75) is 39.3 Å². The van der Waals surface area contributed by atoms with E-state index >= 15 is 0 Å². The van der Waals surface area contributed by atoms with Crippen molar-refractivity contribution in [3.8, 4) is 0 Å². The van der Waals surface area contributed by atoms with Crippen molar-refractivity contribution in [2.24, 2.45) is 5.10 Å². The van der Waals surface area contributed by atoms with Crippen LogP contribution in [0.2, 0.25) is 0 Å². The molecule has 2 unspecified atom stereocenters. The average Bonchev–Trinajstić information content (AvgIpc) is 3.17. The molecule has 3 aromatic rings. The third kappa shape index (κ3) is 6.17. The van der Waals surface area contributed by atoms with E-state index in [1.807, 2.05) is 97.9 Å². The van der Waals surface area contributed by atoms with Gasteiger partial charge in [-0.2, -0.15) is 10.1 Å². The lowest BCUT2D eigenvalue weighted by molar-refractivity contribution is -0.127. The molecule has 0 bridgehead atoms. The third-order valence-electron chi connectivity index (χ3n) is 5.78. The zero-order valence-corrected chi connectivity index (χ0v) is 21.4. The van der Waals surface area contributed by atoms with Crippen LogP contribution in [0.1, 0.15) is 39.2 Å². The van der Waals surface area contributed by atoms with E-state index < -0.39 is 5.66 Å². The second-order valence-corrected chi connectivity index (χ2v) is 8.45. The molecule has 2 amide bonds. The molecule has 0 fully saturated rings. The van der Waals surface area contributed by atoms with Crippen LogP contribution in [0.3, 0.4) is 0 Å². The van der Waals surface area contributed by atoms with Crippen LogP contribution < -0.4 is 21.0 Å². The molecule has 1 aliphatic heterocycles. The summed E-state index contributed by atoms with van der Waals surface area (Å²) in [6.07, 6.45) is 0. The molecule has 0 aliphatic carbocycles. The Morgan fingerprint density at radius 2 is 1.42 bits per heavy atom. The Morgan fingerprint density at radius 3 is 1.92 bits per heavy atom. The highest BCUT2D eigenvalue weighted by Gasteiger charge is 2.54. The molecule has 0 saturated heterocycles. The van der Waals surface area contributed by atoms with E-state index in [4.69, 9.17) is 5.10 Å². The molecule has 0 aromatic heterocycles. The summed E-state index contributed by atoms with van der Waals surface area (Å²) in [7, 11) is 0. The molecule has 4 rings (SSSR count). The van der Waals surface area contributed by atoms with Gasteiger partial charge in [-0.3, -0.25) is 9.59 Å². The minimum absolute atomic E-state index is 0.234. The molecule has 1 heterocycles. The van der Waals surface area contributed by atoms with Gasteiger partial charge in [0.25, 0.3) is 5.91 Å². The highest BCUT2D eigenvalue weighted by Crippen LogP contribution is 2.34. The van der Waals surface area contributed by atoms with Crippen LogP contribution in [0.15, 0.2) is 96.1 Å². The number of hydrogen-bond donors (Lipinski definition) is 3. The van der Waals surface area contributed by atoms with Crippen LogP contribution in [0, 0.1) is 0 Å². The zero-order chi connectivity index (χ0) is 26.0. The Morgan fingerprint density at radius 1 is 0.889 bits per heavy atom. The Hall–Kier alpha value is -3.97. The first-order valence-corrected chi connectivity index (χ1v) is 12.3. The Bertz CT molecular complexity index is 1150. The molecular formula is C29H35N5O2. The topological polar surface area (TPSA) is 85.8 Å². The lowest BCUT2D eigenvalue weighted by atomic mass is 9.87. The smallest absolute Gasteiger partial charge is 0.300 e. The third-order valence-corrected chi connectivity index (χ3v) is 5.78. The van der Waals surface area contributed by atoms with Crippen LogP contribution in [-0.2, 0) is 9.59 Å². The number of hydrazone groups is 1. The second-order valence-electron chi connectivity index (χ2n) is 8.45. The number of carbonyl (C=O) groups is 2. The maximum atomic E-state index is 13.8. The molecule has 3 N–H and O–H groups in total. The van der Waals surface area contributed by atoms with Gasteiger partial charge in [0, 0.05) is 18.5 Å². The van der Waals surface area contributed by atoms with Gasteiger partial charge in [0.1, 0.15) is 5.71 Å². The van der Waals surface area contributed by atoms with Gasteiger partial charge in [0.05, 0.1) is 5.69 Å². The SMILES string of the molecule is CC(=O)NC1(Nc2ccccc2)C(=O)N(c2ccccc2)N=C1C(C)c1ccccc1.CCNCC. The number of hydrogen-bond acceptors (Lipinski definition) is 5. The molecular weight excluding hydrogens is 450 g/mol. The van der Waals surface area contributed by atoms with Gasteiger partial charge in [0.2, 0.25) is 11.6 Å². The number of carbonyl (C=O) groups excluding carboxylic acids is 2. The van der Waals surface area contributed by atoms with Crippen molar-refractivity contribution in [2.75, 3.05) is 23.4 Å². The van der Waals surface area contributed by atoms with Gasteiger partial charge in [-0.05, 0) is 42.9 Å². The number of para-hydroxylation sites is 2. The number of amides is 2. The fourth-order valence-electron chi connectivity index (χ4n) is 4.07. The average molecular weight is 486 g/mol. The normalized spacial score (nSPS) is 17.5. The number of nitrogens with zero attached hydrogens (tertiary/aromatic N) is 2. The Balaban J connectivity index is 0.000000658. The molecule has 3 aromatic carbocycles. The van der Waals surface area contributed by atoms with E-state index in [-0.39, 0.29) is 17.7 Å². The van der Waals surface area contributed by atoms with Crippen LogP contribution in [0.25, 0.3) is 0 Å². The summed E-state index contributed by atoms with van der Waals surface area (Å²) in [5.74, 6) is -0.933. The van der Waals surface area contributed by atoms with Gasteiger partial charge < -0.3 is 16.0 Å². The predicted molar refractivity (Wildman–Crippen MR) is 147 cm³/mol. The number of benzene rings is 3. The van der Waals surface area contributed by atoms with Crippen molar-refractivity contribution in [3.05, 3.63) is 96.6 Å². The van der Waals surface area contributed by atoms with E-state index in [0.717, 1.165) is 18.7 Å². The van der Waals surface area contributed by atoms with Crippen LogP contribution in [0.4, 0.5) is 11.4 Å². The summed E-state index contributed by atoms with van der Waals surface area (Å²) in [5, 5.41) is 15.4. The monoisotopic (exact) mass is 485 g/mol. The highest BCUT2D eigenvalue weighted by atomic mass is 16.2. The minimum Gasteiger partial charge on any atom is -0.350 e. The maximum Gasteiger partial charge on any atom is 0.300 e. The van der Waals surface area contributed by atoms with Crippen molar-refractivity contribution in [1.82, 2.24) is 10.6 Å². The largest absolute Gasteiger partial charge is 0.350 e. The van der Waals surface area contributed by atoms with E-state index in [1.165, 1.54) is 11.9 Å². The molecule has 0 radical (unpaired) electrons. The first-order valence-electron chi connectivity index (χ1n) is 12.3. The summed E-state index contributed by atoms with van der Waals surface area (Å²) >= 11 is 0. The summed E-state index contributed by atoms with van der Waals surface area (Å²) < 4.78 is 0. The Labute approximate surface area is 213 Å². The molecule has 7 heteroatoms. The summed E-state index contributed by atoms with van der Waals surface area (Å²) in [6, 6.07) is 28.4. The number of rotatable bonds is 8. The molecule has 1 aliphatic rings. The van der Waals surface area contributed by atoms with Crippen LogP contribution in [0.5, 0.6) is 0 Å². The van der Waals surface area contributed by atoms with Crippen LogP contribution >= 0.6 is 0 Å². The highest BCUT2D eigenvalue weighted by molar-refractivity contribution is 6.27. The van der Waals surface area contributed by atoms with Gasteiger partial charge in [-0.15, -0.1) is 0 Å². The van der Waals surface area contributed by atoms with Gasteiger partial charge >= 0.3 is 0 Å². The summed E-state index contributed by atoms with van der Waals surface area (Å²) in [4.78, 5) is 26.2. The zero-order valence-electron chi connectivity index (χ0n) is 21.4. The lowest BCUT2D eigenvalue weighted by Gasteiger charge is -2.33. The van der Waals surface area contributed by atoms with Gasteiger partial charge in [-0.25, -0.2) is 0 Å². The standard InChI is InChI=1S/C25H24N4O2.C4H11N/c1-18(20-12-6-3-7-13-20)23-25(26-19(2)30,27-21-14-8-4-9-15-21)24(31)29(28-23)22-16-10-5-11-17-22;1-3-5-4-2/h3-18,27H,1-2H3,(H,26,30);5H,3-4H2,1-2H3. The lowest BCUT2D eigenvalue weighted by Crippen LogP contribution is -2.65. The molecule has 0 spiro atoms. The molecule has 2 atom stereocenters. The number of anilines is 2. The molecule has 7 nitrogen and oxygen atoms in total. The van der Waals surface area contributed by atoms with Gasteiger partial charge in [-0.1, -0.05) is 87.5 Å². The molecule has 36 heavy (non-hydrogen) atoms. The first kappa shape index (κ1) is 26.6. The van der Waals surface area contributed by atoms with E-state index in [1.54, 1.807) is 0 Å². The summed E-state index contributed by atoms with van der Waals surface area (Å²) in [6.45, 7) is 9.77. The predicted octanol–water partition coefficient (Wildman–Crippen LogP) is 4.75. The van der Waals surface area contributed by atoms with Crippen molar-refractivity contribution >= 4 is 28.9 Å². The van der Waals surface area contributed by atoms with Crippen LogP contribution in [-0.4, -0.2) is 36.3 Å². The van der Waals surface area contributed by atoms with E-state index in [0.29, 0.717) is 17.1 Å². The van der Waals surface area contributed by atoms with E-state index in [9.17, 15) is 9.59 Å². The van der Waals surface area contributed by atoms with Crippen molar-refractivity contribution < 1.29 is 9.59 Å². The molecule has 188 valence electrons. The summed E-state index contributed by atoms with van der Waals surface area (Å²) in [5.41, 5.74) is 1.33. The first-order chi connectivity index (χ1) is 17.4. The van der Waals surface area contributed by atoms with E-state index in [2.05, 4.69) is 29.8 Å². The van der Waals surface area contributed by atoms with Crippen molar-refractivity contribution in [1.29, 1.82) is 0 Å². The quantitative estimate of drug-likeness (QED) is 0.402. The maximum absolute atomic E-state index is 13.8. The fraction of sp³-hybridized carbons (Fsp3) is 0.276.